The first-order valence-corrected chi connectivity index (χ1v) is 14.4. The largest absolute Gasteiger partial charge is 0.462 e. The maximum absolute atomic E-state index is 12.4. The lowest BCUT2D eigenvalue weighted by atomic mass is 9.76. The summed E-state index contributed by atoms with van der Waals surface area (Å²) in [4.78, 5) is 29.5. The van der Waals surface area contributed by atoms with E-state index in [2.05, 4.69) is 79.3 Å². The molecule has 0 aromatic carbocycles. The van der Waals surface area contributed by atoms with E-state index in [0.29, 0.717) is 25.7 Å². The van der Waals surface area contributed by atoms with E-state index in [4.69, 9.17) is 9.47 Å². The molecule has 2 saturated heterocycles. The molecule has 0 aromatic heterocycles. The van der Waals surface area contributed by atoms with Crippen molar-refractivity contribution in [3.8, 4) is 0 Å². The Bertz CT molecular complexity index is 753. The summed E-state index contributed by atoms with van der Waals surface area (Å²) >= 11 is 0. The fourth-order valence-corrected chi connectivity index (χ4v) is 6.66. The molecule has 7 heteroatoms. The van der Waals surface area contributed by atoms with Crippen molar-refractivity contribution in [1.82, 2.24) is 9.80 Å². The number of esters is 2. The average molecular weight is 525 g/mol. The third-order valence-electron chi connectivity index (χ3n) is 9.12. The number of likely N-dealkylation sites (tertiary alicyclic amines) is 2. The molecular formula is C30H56N2O5. The highest BCUT2D eigenvalue weighted by Crippen LogP contribution is 2.43. The molecule has 0 radical (unpaired) electrons. The predicted octanol–water partition coefficient (Wildman–Crippen LogP) is 5.82. The van der Waals surface area contributed by atoms with Gasteiger partial charge in [0, 0.05) is 60.7 Å². The van der Waals surface area contributed by atoms with Gasteiger partial charge >= 0.3 is 11.9 Å². The fourth-order valence-electron chi connectivity index (χ4n) is 6.66. The van der Waals surface area contributed by atoms with Crippen molar-refractivity contribution in [3.05, 3.63) is 0 Å². The second-order valence-corrected chi connectivity index (χ2v) is 14.3. The minimum atomic E-state index is -1.41. The first-order chi connectivity index (χ1) is 16.8. The van der Waals surface area contributed by atoms with Crippen molar-refractivity contribution in [1.29, 1.82) is 0 Å². The monoisotopic (exact) mass is 524 g/mol. The lowest BCUT2D eigenvalue weighted by molar-refractivity contribution is -0.256. The molecule has 2 rings (SSSR count). The zero-order chi connectivity index (χ0) is 28.3. The molecule has 0 bridgehead atoms. The highest BCUT2D eigenvalue weighted by Gasteiger charge is 2.52. The maximum atomic E-state index is 12.4. The van der Waals surface area contributed by atoms with Crippen molar-refractivity contribution in [2.24, 2.45) is 0 Å². The predicted molar refractivity (Wildman–Crippen MR) is 148 cm³/mol. The number of unbranched alkanes of at least 4 members (excludes halogenated alkanes) is 5. The minimum absolute atomic E-state index is 0.0111. The third-order valence-corrected chi connectivity index (χ3v) is 9.12. The van der Waals surface area contributed by atoms with Crippen LogP contribution >= 0.6 is 0 Å². The summed E-state index contributed by atoms with van der Waals surface area (Å²) in [6.07, 6.45) is 8.91. The van der Waals surface area contributed by atoms with Crippen molar-refractivity contribution >= 4 is 11.9 Å². The average Bonchev–Trinajstić information content (AvgIpc) is 2.70. The Kier molecular flexibility index (Phi) is 10.3. The Balaban J connectivity index is 1.58. The summed E-state index contributed by atoms with van der Waals surface area (Å²) in [5.41, 5.74) is -0.499. The number of piperidine rings is 2. The van der Waals surface area contributed by atoms with Gasteiger partial charge in [-0.15, -0.1) is 0 Å². The van der Waals surface area contributed by atoms with E-state index >= 15 is 0 Å². The molecule has 0 saturated carbocycles. The molecule has 37 heavy (non-hydrogen) atoms. The van der Waals surface area contributed by atoms with Gasteiger partial charge in [0.25, 0.3) is 0 Å². The molecule has 216 valence electrons. The number of aliphatic hydroxyl groups is 1. The van der Waals surface area contributed by atoms with Crippen LogP contribution in [0, 0.1) is 0 Å². The van der Waals surface area contributed by atoms with Gasteiger partial charge in [-0.2, -0.15) is 0 Å². The summed E-state index contributed by atoms with van der Waals surface area (Å²) in [6.45, 7) is 17.1. The summed E-state index contributed by atoms with van der Waals surface area (Å²) in [6, 6.07) is 0. The van der Waals surface area contributed by atoms with Gasteiger partial charge in [0.1, 0.15) is 6.10 Å². The minimum Gasteiger partial charge on any atom is -0.462 e. The SMILES string of the molecule is CN1C(C)(C)CC(OC(=O)CCCCCCCCC(=O)OC2(O)CC(C)(C)N(C)C(C)(C)C2)CC1(C)C. The number of carbonyl (C=O) groups excluding carboxylic acids is 2. The maximum Gasteiger partial charge on any atom is 0.308 e. The van der Waals surface area contributed by atoms with Gasteiger partial charge in [-0.1, -0.05) is 25.7 Å². The summed E-state index contributed by atoms with van der Waals surface area (Å²) < 4.78 is 11.4. The molecule has 2 fully saturated rings. The van der Waals surface area contributed by atoms with E-state index < -0.39 is 5.79 Å². The van der Waals surface area contributed by atoms with Crippen LogP contribution in [0.3, 0.4) is 0 Å². The Morgan fingerprint density at radius 1 is 0.676 bits per heavy atom. The zero-order valence-electron chi connectivity index (χ0n) is 25.5. The van der Waals surface area contributed by atoms with Crippen LogP contribution in [0.4, 0.5) is 0 Å². The van der Waals surface area contributed by atoms with E-state index in [-0.39, 0.29) is 40.2 Å². The molecule has 0 aliphatic carbocycles. The van der Waals surface area contributed by atoms with E-state index in [1.165, 1.54) is 0 Å². The molecule has 2 heterocycles. The molecule has 0 amide bonds. The second-order valence-electron chi connectivity index (χ2n) is 14.3. The fraction of sp³-hybridized carbons (Fsp3) is 0.933. The Hall–Kier alpha value is -1.18. The number of hydrogen-bond donors (Lipinski definition) is 1. The first kappa shape index (κ1) is 32.0. The molecule has 7 nitrogen and oxygen atoms in total. The normalized spacial score (nSPS) is 24.9. The molecule has 2 aliphatic heterocycles. The molecule has 0 spiro atoms. The Labute approximate surface area is 226 Å². The highest BCUT2D eigenvalue weighted by molar-refractivity contribution is 5.70. The van der Waals surface area contributed by atoms with Crippen LogP contribution in [0.2, 0.25) is 0 Å². The van der Waals surface area contributed by atoms with Crippen LogP contribution in [0.5, 0.6) is 0 Å². The summed E-state index contributed by atoms with van der Waals surface area (Å²) in [5.74, 6) is -1.81. The summed E-state index contributed by atoms with van der Waals surface area (Å²) in [7, 11) is 4.21. The van der Waals surface area contributed by atoms with Gasteiger partial charge in [-0.25, -0.2) is 0 Å². The number of ether oxygens (including phenoxy) is 2. The first-order valence-electron chi connectivity index (χ1n) is 14.4. The van der Waals surface area contributed by atoms with Gasteiger partial charge < -0.3 is 14.6 Å². The summed E-state index contributed by atoms with van der Waals surface area (Å²) in [5, 5.41) is 11.0. The molecular weight excluding hydrogens is 468 g/mol. The quantitative estimate of drug-likeness (QED) is 0.207. The lowest BCUT2D eigenvalue weighted by Gasteiger charge is -2.55. The lowest BCUT2D eigenvalue weighted by Crippen LogP contribution is -2.64. The van der Waals surface area contributed by atoms with Gasteiger partial charge in [-0.3, -0.25) is 19.4 Å². The van der Waals surface area contributed by atoms with E-state index in [0.717, 1.165) is 51.4 Å². The van der Waals surface area contributed by atoms with Crippen LogP contribution in [0.25, 0.3) is 0 Å². The molecule has 2 aliphatic rings. The third kappa shape index (κ3) is 8.93. The number of carbonyl (C=O) groups is 2. The molecule has 0 unspecified atom stereocenters. The van der Waals surface area contributed by atoms with Crippen LogP contribution in [0.15, 0.2) is 0 Å². The number of nitrogens with zero attached hydrogens (tertiary/aromatic N) is 2. The standard InChI is InChI=1S/C30H56N2O5/c1-26(2)19-23(20-27(3,4)31(26)9)36-24(33)17-15-13-11-12-14-16-18-25(34)37-30(35)21-28(5,6)32(10)29(7,8)22-30/h23,35H,11-22H2,1-10H3. The van der Waals surface area contributed by atoms with Crippen molar-refractivity contribution in [2.45, 2.75) is 166 Å². The topological polar surface area (TPSA) is 79.3 Å². The highest BCUT2D eigenvalue weighted by atomic mass is 16.7. The number of rotatable bonds is 11. The molecule has 1 N–H and O–H groups in total. The number of hydrogen-bond acceptors (Lipinski definition) is 7. The Morgan fingerprint density at radius 2 is 1.05 bits per heavy atom. The van der Waals surface area contributed by atoms with Gasteiger partial charge in [-0.05, 0) is 82.3 Å². The second kappa shape index (κ2) is 11.9. The van der Waals surface area contributed by atoms with Crippen LogP contribution in [0.1, 0.15) is 132 Å². The van der Waals surface area contributed by atoms with Gasteiger partial charge in [0.2, 0.25) is 5.79 Å². The molecule has 0 aromatic rings. The van der Waals surface area contributed by atoms with E-state index in [1.807, 2.05) is 0 Å². The van der Waals surface area contributed by atoms with Crippen LogP contribution < -0.4 is 0 Å². The van der Waals surface area contributed by atoms with Gasteiger partial charge in [0.05, 0.1) is 0 Å². The van der Waals surface area contributed by atoms with Crippen molar-refractivity contribution in [2.75, 3.05) is 14.1 Å². The Morgan fingerprint density at radius 3 is 1.51 bits per heavy atom. The van der Waals surface area contributed by atoms with Crippen molar-refractivity contribution in [3.63, 3.8) is 0 Å². The zero-order valence-corrected chi connectivity index (χ0v) is 25.5. The van der Waals surface area contributed by atoms with E-state index in [1.54, 1.807) is 0 Å². The van der Waals surface area contributed by atoms with Crippen molar-refractivity contribution < 1.29 is 24.2 Å². The smallest absolute Gasteiger partial charge is 0.308 e. The van der Waals surface area contributed by atoms with Gasteiger partial charge in [0.15, 0.2) is 0 Å². The molecule has 0 atom stereocenters. The van der Waals surface area contributed by atoms with Crippen LogP contribution in [-0.2, 0) is 19.1 Å². The van der Waals surface area contributed by atoms with E-state index in [9.17, 15) is 14.7 Å². The van der Waals surface area contributed by atoms with Crippen LogP contribution in [-0.4, -0.2) is 75.0 Å².